The van der Waals surface area contributed by atoms with Gasteiger partial charge in [0.2, 0.25) is 0 Å². The van der Waals surface area contributed by atoms with Gasteiger partial charge in [-0.2, -0.15) is 10.4 Å². The molecule has 35 heavy (non-hydrogen) atoms. The molecule has 10 heteroatoms. The Morgan fingerprint density at radius 1 is 1.09 bits per heavy atom. The van der Waals surface area contributed by atoms with Gasteiger partial charge in [-0.05, 0) is 79.4 Å². The number of anilines is 1. The molecule has 8 nitrogen and oxygen atoms in total. The van der Waals surface area contributed by atoms with Gasteiger partial charge < -0.3 is 4.74 Å². The lowest BCUT2D eigenvalue weighted by molar-refractivity contribution is -0.119. The summed E-state index contributed by atoms with van der Waals surface area (Å²) in [5.74, 6) is -0.0580. The second kappa shape index (κ2) is 12.1. The summed E-state index contributed by atoms with van der Waals surface area (Å²) in [6.45, 7) is 1.40. The first-order valence-electron chi connectivity index (χ1n) is 10.5. The lowest BCUT2D eigenvalue weighted by Gasteiger charge is -2.24. The molecular weight excluding hydrogens is 484 g/mol. The average molecular weight is 509 g/mol. The molecule has 1 amide bonds. The zero-order valence-electron chi connectivity index (χ0n) is 19.2. The Morgan fingerprint density at radius 3 is 2.34 bits per heavy atom. The van der Waals surface area contributed by atoms with Gasteiger partial charge in [0.05, 0.1) is 16.8 Å². The Kier molecular flexibility index (Phi) is 8.89. The molecule has 3 rings (SSSR count). The highest BCUT2D eigenvalue weighted by atomic mass is 32.2. The molecule has 3 aromatic carbocycles. The van der Waals surface area contributed by atoms with Crippen LogP contribution in [0.1, 0.15) is 11.1 Å². The van der Waals surface area contributed by atoms with Gasteiger partial charge in [0.25, 0.3) is 15.9 Å². The van der Waals surface area contributed by atoms with Crippen molar-refractivity contribution in [3.63, 3.8) is 0 Å². The van der Waals surface area contributed by atoms with Crippen molar-refractivity contribution in [1.82, 2.24) is 5.43 Å². The van der Waals surface area contributed by atoms with E-state index in [9.17, 15) is 13.2 Å². The molecule has 0 spiro atoms. The second-order valence-corrected chi connectivity index (χ2v) is 10.1. The maximum absolute atomic E-state index is 13.4. The van der Waals surface area contributed by atoms with Crippen molar-refractivity contribution in [2.24, 2.45) is 5.10 Å². The van der Waals surface area contributed by atoms with Crippen LogP contribution in [-0.2, 0) is 14.8 Å². The Hall–Kier alpha value is -3.81. The molecular formula is C25H24N4O4S2. The highest BCUT2D eigenvalue weighted by Crippen LogP contribution is 2.25. The summed E-state index contributed by atoms with van der Waals surface area (Å²) >= 11 is 1.51. The van der Waals surface area contributed by atoms with E-state index in [1.165, 1.54) is 30.1 Å². The topological polar surface area (TPSA) is 112 Å². The number of carbonyl (C=O) groups is 1. The standard InChI is InChI=1S/C25H24N4O4S2/c1-19-3-7-21(8-4-19)29(35(31,32)24-13-11-23(34-2)12-14-24)18-25(30)28-27-17-20-5-9-22(10-6-20)33-16-15-26/h3-14,17H,16,18H2,1-2H3,(H,28,30)/b27-17-. The van der Waals surface area contributed by atoms with E-state index in [0.29, 0.717) is 17.0 Å². The third-order valence-electron chi connectivity index (χ3n) is 4.84. The minimum atomic E-state index is -4.00. The van der Waals surface area contributed by atoms with Crippen LogP contribution in [-0.4, -0.2) is 39.9 Å². The SMILES string of the molecule is CSc1ccc(S(=O)(=O)N(CC(=O)N/N=C\c2ccc(OCC#N)cc2)c2ccc(C)cc2)cc1. The minimum Gasteiger partial charge on any atom is -0.479 e. The summed E-state index contributed by atoms with van der Waals surface area (Å²) in [4.78, 5) is 13.7. The molecule has 0 heterocycles. The van der Waals surface area contributed by atoms with Crippen LogP contribution < -0.4 is 14.5 Å². The number of carbonyl (C=O) groups excluding carboxylic acids is 1. The van der Waals surface area contributed by atoms with Crippen molar-refractivity contribution >= 4 is 39.6 Å². The molecule has 0 saturated heterocycles. The number of hydrogen-bond donors (Lipinski definition) is 1. The first kappa shape index (κ1) is 25.8. The molecule has 0 saturated carbocycles. The molecule has 3 aromatic rings. The van der Waals surface area contributed by atoms with Crippen LogP contribution in [0.15, 0.2) is 87.7 Å². The molecule has 0 bridgehead atoms. The number of nitrogens with zero attached hydrogens (tertiary/aromatic N) is 3. The Labute approximate surface area is 209 Å². The lowest BCUT2D eigenvalue weighted by Crippen LogP contribution is -2.39. The van der Waals surface area contributed by atoms with E-state index >= 15 is 0 Å². The predicted molar refractivity (Wildman–Crippen MR) is 137 cm³/mol. The van der Waals surface area contributed by atoms with E-state index in [1.54, 1.807) is 60.7 Å². The van der Waals surface area contributed by atoms with E-state index in [1.807, 2.05) is 19.2 Å². The van der Waals surface area contributed by atoms with Crippen LogP contribution >= 0.6 is 11.8 Å². The quantitative estimate of drug-likeness (QED) is 0.252. The fraction of sp³-hybridized carbons (Fsp3) is 0.160. The summed E-state index contributed by atoms with van der Waals surface area (Å²) in [5, 5.41) is 12.5. The van der Waals surface area contributed by atoms with E-state index in [2.05, 4.69) is 10.5 Å². The third kappa shape index (κ3) is 7.09. The van der Waals surface area contributed by atoms with Gasteiger partial charge in [-0.15, -0.1) is 11.8 Å². The fourth-order valence-corrected chi connectivity index (χ4v) is 4.84. The van der Waals surface area contributed by atoms with Gasteiger partial charge in [0.15, 0.2) is 6.61 Å². The van der Waals surface area contributed by atoms with Crippen LogP contribution in [0, 0.1) is 18.3 Å². The zero-order chi connectivity index (χ0) is 25.3. The van der Waals surface area contributed by atoms with Crippen molar-refractivity contribution < 1.29 is 17.9 Å². The second-order valence-electron chi connectivity index (χ2n) is 7.33. The van der Waals surface area contributed by atoms with Crippen LogP contribution in [0.2, 0.25) is 0 Å². The number of sulfonamides is 1. The molecule has 0 aliphatic carbocycles. The van der Waals surface area contributed by atoms with E-state index in [0.717, 1.165) is 14.8 Å². The highest BCUT2D eigenvalue weighted by Gasteiger charge is 2.27. The Balaban J connectivity index is 1.76. The van der Waals surface area contributed by atoms with Gasteiger partial charge in [-0.1, -0.05) is 17.7 Å². The Bertz CT molecular complexity index is 1320. The smallest absolute Gasteiger partial charge is 0.264 e. The zero-order valence-corrected chi connectivity index (χ0v) is 20.8. The molecule has 0 aromatic heterocycles. The van der Waals surface area contributed by atoms with Crippen molar-refractivity contribution in [3.8, 4) is 11.8 Å². The summed E-state index contributed by atoms with van der Waals surface area (Å²) in [6.07, 6.45) is 3.34. The van der Waals surface area contributed by atoms with E-state index in [4.69, 9.17) is 10.00 Å². The van der Waals surface area contributed by atoms with Crippen LogP contribution in [0.3, 0.4) is 0 Å². The Morgan fingerprint density at radius 2 is 1.74 bits per heavy atom. The van der Waals surface area contributed by atoms with Crippen LogP contribution in [0.25, 0.3) is 0 Å². The van der Waals surface area contributed by atoms with Crippen LogP contribution in [0.4, 0.5) is 5.69 Å². The van der Waals surface area contributed by atoms with Crippen molar-refractivity contribution in [2.45, 2.75) is 16.7 Å². The molecule has 0 radical (unpaired) electrons. The lowest BCUT2D eigenvalue weighted by atomic mass is 10.2. The van der Waals surface area contributed by atoms with Crippen molar-refractivity contribution in [3.05, 3.63) is 83.9 Å². The number of hydrogen-bond acceptors (Lipinski definition) is 7. The predicted octanol–water partition coefficient (Wildman–Crippen LogP) is 3.96. The van der Waals surface area contributed by atoms with Gasteiger partial charge in [-0.3, -0.25) is 9.10 Å². The molecule has 0 aliphatic heterocycles. The number of rotatable bonds is 10. The van der Waals surface area contributed by atoms with E-state index in [-0.39, 0.29) is 11.5 Å². The van der Waals surface area contributed by atoms with Crippen LogP contribution in [0.5, 0.6) is 5.75 Å². The number of amides is 1. The van der Waals surface area contributed by atoms with Gasteiger partial charge in [0.1, 0.15) is 18.4 Å². The summed E-state index contributed by atoms with van der Waals surface area (Å²) in [5.41, 5.74) is 4.40. The highest BCUT2D eigenvalue weighted by molar-refractivity contribution is 7.98. The number of thioether (sulfide) groups is 1. The molecule has 0 aliphatic rings. The van der Waals surface area contributed by atoms with Gasteiger partial charge in [-0.25, -0.2) is 13.8 Å². The third-order valence-corrected chi connectivity index (χ3v) is 7.37. The van der Waals surface area contributed by atoms with Crippen molar-refractivity contribution in [1.29, 1.82) is 5.26 Å². The number of aryl methyl sites for hydroxylation is 1. The maximum atomic E-state index is 13.4. The van der Waals surface area contributed by atoms with E-state index < -0.39 is 22.5 Å². The number of hydrazone groups is 1. The number of ether oxygens (including phenoxy) is 1. The number of nitriles is 1. The normalized spacial score (nSPS) is 11.1. The minimum absolute atomic E-state index is 0.0500. The summed E-state index contributed by atoms with van der Waals surface area (Å²) in [6, 6.07) is 22.1. The maximum Gasteiger partial charge on any atom is 0.264 e. The average Bonchev–Trinajstić information content (AvgIpc) is 2.87. The van der Waals surface area contributed by atoms with Gasteiger partial charge in [0, 0.05) is 4.90 Å². The van der Waals surface area contributed by atoms with Gasteiger partial charge >= 0.3 is 0 Å². The fourth-order valence-electron chi connectivity index (χ4n) is 3.01. The first-order chi connectivity index (χ1) is 16.8. The number of benzene rings is 3. The summed E-state index contributed by atoms with van der Waals surface area (Å²) in [7, 11) is -4.00. The number of nitrogens with one attached hydrogen (secondary N) is 1. The summed E-state index contributed by atoms with van der Waals surface area (Å²) < 4.78 is 33.1. The largest absolute Gasteiger partial charge is 0.479 e. The molecule has 0 unspecified atom stereocenters. The van der Waals surface area contributed by atoms with Crippen molar-refractivity contribution in [2.75, 3.05) is 23.7 Å². The first-order valence-corrected chi connectivity index (χ1v) is 13.1. The molecule has 0 fully saturated rings. The molecule has 180 valence electrons. The molecule has 1 N–H and O–H groups in total. The monoisotopic (exact) mass is 508 g/mol. The molecule has 0 atom stereocenters.